The molecule has 336 valence electrons. The number of amides is 10. The fourth-order valence-corrected chi connectivity index (χ4v) is 6.54. The fourth-order valence-electron chi connectivity index (χ4n) is 6.54. The third kappa shape index (κ3) is 16.4. The second-order valence-corrected chi connectivity index (χ2v) is 14.9. The van der Waals surface area contributed by atoms with Crippen LogP contribution in [0.4, 0.5) is 0 Å². The Hall–Kier alpha value is -5.91. The Bertz CT molecular complexity index is 1630. The lowest BCUT2D eigenvalue weighted by Gasteiger charge is -2.32. The summed E-state index contributed by atoms with van der Waals surface area (Å²) in [6.07, 6.45) is -0.243. The van der Waals surface area contributed by atoms with Crippen molar-refractivity contribution in [3.8, 4) is 0 Å². The highest BCUT2D eigenvalue weighted by Gasteiger charge is 2.35. The molecule has 0 spiro atoms. The van der Waals surface area contributed by atoms with Crippen molar-refractivity contribution in [2.24, 2.45) is 5.73 Å². The molecule has 24 heteroatoms. The summed E-state index contributed by atoms with van der Waals surface area (Å²) in [4.78, 5) is 141. The van der Waals surface area contributed by atoms with Gasteiger partial charge in [-0.25, -0.2) is 0 Å². The average molecular weight is 854 g/mol. The standard InChI is InChI=1S/C36H59N11O13/c1-19(2)46(30(53)15-42-34(58)23(8-9-26(37)49)44-27(50)13-40-35(59)24-11-22(48)12-38-24)18-28(51)39-16-31(54)47(20(3)4)21(5)33(57)41-14-29(52)45-10-6-7-25(45)36(60)43-17-32(55)56/h19-25,38,48H,6-18H2,1-5H3,(H2,37,49)(H,39,51)(H,40,59)(H,41,57)(H,42,58)(H,43,60)(H,44,50)(H,55,56). The number of carboxylic acid groups (broad SMARTS) is 1. The summed E-state index contributed by atoms with van der Waals surface area (Å²) in [6.45, 7) is 5.03. The zero-order valence-corrected chi connectivity index (χ0v) is 34.5. The van der Waals surface area contributed by atoms with Gasteiger partial charge in [0.15, 0.2) is 0 Å². The van der Waals surface area contributed by atoms with Crippen LogP contribution in [-0.4, -0.2) is 185 Å². The van der Waals surface area contributed by atoms with E-state index in [0.29, 0.717) is 12.8 Å². The Labute approximate surface area is 346 Å². The number of aliphatic hydroxyl groups excluding tert-OH is 1. The maximum absolute atomic E-state index is 13.3. The van der Waals surface area contributed by atoms with Crippen molar-refractivity contribution >= 4 is 65.0 Å². The van der Waals surface area contributed by atoms with Gasteiger partial charge < -0.3 is 67.9 Å². The Morgan fingerprint density at radius 3 is 1.98 bits per heavy atom. The number of primary amides is 1. The lowest BCUT2D eigenvalue weighted by Crippen LogP contribution is -2.56. The molecular weight excluding hydrogens is 794 g/mol. The first-order valence-corrected chi connectivity index (χ1v) is 19.6. The van der Waals surface area contributed by atoms with Crippen LogP contribution in [0.15, 0.2) is 0 Å². The van der Waals surface area contributed by atoms with Crippen molar-refractivity contribution in [2.75, 3.05) is 52.4 Å². The van der Waals surface area contributed by atoms with Gasteiger partial charge in [0, 0.05) is 31.6 Å². The van der Waals surface area contributed by atoms with Gasteiger partial charge in [0.25, 0.3) is 0 Å². The summed E-state index contributed by atoms with van der Waals surface area (Å²) >= 11 is 0. The average Bonchev–Trinajstić information content (AvgIpc) is 3.86. The molecule has 60 heavy (non-hydrogen) atoms. The maximum atomic E-state index is 13.3. The number of rotatable bonds is 23. The molecule has 2 heterocycles. The number of hydrogen-bond donors (Lipinski definition) is 10. The number of aliphatic hydroxyl groups is 1. The van der Waals surface area contributed by atoms with E-state index in [1.165, 1.54) is 16.7 Å². The van der Waals surface area contributed by atoms with Crippen molar-refractivity contribution in [1.29, 1.82) is 0 Å². The van der Waals surface area contributed by atoms with Crippen LogP contribution < -0.4 is 43.0 Å². The quantitative estimate of drug-likeness (QED) is 0.0458. The molecule has 24 nitrogen and oxygen atoms in total. The van der Waals surface area contributed by atoms with Crippen molar-refractivity contribution < 1.29 is 63.0 Å². The third-order valence-corrected chi connectivity index (χ3v) is 9.63. The Balaban J connectivity index is 1.91. The molecule has 0 saturated carbocycles. The highest BCUT2D eigenvalue weighted by molar-refractivity contribution is 5.96. The monoisotopic (exact) mass is 853 g/mol. The third-order valence-electron chi connectivity index (χ3n) is 9.63. The minimum atomic E-state index is -1.32. The molecule has 2 rings (SSSR count). The van der Waals surface area contributed by atoms with Gasteiger partial charge in [0.2, 0.25) is 59.1 Å². The summed E-state index contributed by atoms with van der Waals surface area (Å²) in [5, 5.41) is 35.5. The highest BCUT2D eigenvalue weighted by atomic mass is 16.4. The predicted octanol–water partition coefficient (Wildman–Crippen LogP) is -6.02. The second kappa shape index (κ2) is 24.2. The van der Waals surface area contributed by atoms with Crippen LogP contribution >= 0.6 is 0 Å². The van der Waals surface area contributed by atoms with Crippen LogP contribution in [0.25, 0.3) is 0 Å². The minimum absolute atomic E-state index is 0.160. The van der Waals surface area contributed by atoms with E-state index in [0.717, 1.165) is 4.90 Å². The summed E-state index contributed by atoms with van der Waals surface area (Å²) in [7, 11) is 0. The van der Waals surface area contributed by atoms with Gasteiger partial charge in [-0.05, 0) is 60.3 Å². The molecule has 0 bridgehead atoms. The maximum Gasteiger partial charge on any atom is 0.322 e. The molecule has 0 aromatic rings. The lowest BCUT2D eigenvalue weighted by atomic mass is 10.1. The van der Waals surface area contributed by atoms with Crippen LogP contribution in [0.1, 0.15) is 66.7 Å². The first-order chi connectivity index (χ1) is 28.1. The van der Waals surface area contributed by atoms with Gasteiger partial charge in [-0.1, -0.05) is 0 Å². The van der Waals surface area contributed by atoms with Crippen LogP contribution in [0.3, 0.4) is 0 Å². The molecule has 10 amide bonds. The number of carbonyl (C=O) groups is 11. The number of nitrogens with two attached hydrogens (primary N) is 1. The topological polar surface area (TPSA) is 348 Å². The Morgan fingerprint density at radius 1 is 0.767 bits per heavy atom. The van der Waals surface area contributed by atoms with E-state index in [-0.39, 0.29) is 32.4 Å². The molecule has 0 aliphatic carbocycles. The number of aliphatic carboxylic acids is 1. The number of carboxylic acids is 1. The van der Waals surface area contributed by atoms with Crippen LogP contribution in [0.2, 0.25) is 0 Å². The SMILES string of the molecule is CC(C)N(CC(=O)NCC(=O)N(C(C)C)C(C)C(=O)NCC(=O)N1CCCC1C(=O)NCC(=O)O)C(=O)CNC(=O)C(CCC(N)=O)NC(=O)CNC(=O)C1CC(O)CN1. The van der Waals surface area contributed by atoms with E-state index >= 15 is 0 Å². The van der Waals surface area contributed by atoms with Gasteiger partial charge in [-0.2, -0.15) is 0 Å². The second-order valence-electron chi connectivity index (χ2n) is 14.9. The van der Waals surface area contributed by atoms with Gasteiger partial charge in [0.1, 0.15) is 24.7 Å². The van der Waals surface area contributed by atoms with Gasteiger partial charge in [0.05, 0.1) is 44.9 Å². The molecule has 0 radical (unpaired) electrons. The summed E-state index contributed by atoms with van der Waals surface area (Å²) in [6, 6.07) is -5.11. The van der Waals surface area contributed by atoms with E-state index in [2.05, 4.69) is 37.2 Å². The molecule has 2 aliphatic heterocycles. The molecule has 2 fully saturated rings. The van der Waals surface area contributed by atoms with Crippen molar-refractivity contribution in [1.82, 2.24) is 51.9 Å². The molecule has 5 atom stereocenters. The fraction of sp³-hybridized carbons (Fsp3) is 0.694. The number of carbonyl (C=O) groups excluding carboxylic acids is 10. The minimum Gasteiger partial charge on any atom is -0.480 e. The summed E-state index contributed by atoms with van der Waals surface area (Å²) < 4.78 is 0. The van der Waals surface area contributed by atoms with Crippen molar-refractivity contribution in [3.05, 3.63) is 0 Å². The first-order valence-electron chi connectivity index (χ1n) is 19.6. The Morgan fingerprint density at radius 2 is 1.40 bits per heavy atom. The number of likely N-dealkylation sites (tertiary alicyclic amines) is 1. The number of hydrogen-bond acceptors (Lipinski definition) is 13. The van der Waals surface area contributed by atoms with E-state index in [1.807, 2.05) is 0 Å². The zero-order valence-electron chi connectivity index (χ0n) is 34.5. The predicted molar refractivity (Wildman–Crippen MR) is 208 cm³/mol. The van der Waals surface area contributed by atoms with Gasteiger partial charge >= 0.3 is 5.97 Å². The number of β-amino-alcohol motifs (C(OH)–C–C–N with tert-alkyl or cyclic N) is 1. The van der Waals surface area contributed by atoms with Gasteiger partial charge in [-0.15, -0.1) is 0 Å². The number of nitrogens with zero attached hydrogens (tertiary/aromatic N) is 3. The summed E-state index contributed by atoms with van der Waals surface area (Å²) in [5.74, 6) is -8.15. The van der Waals surface area contributed by atoms with Crippen LogP contribution in [0, 0.1) is 0 Å². The molecule has 11 N–H and O–H groups in total. The largest absolute Gasteiger partial charge is 0.480 e. The molecule has 5 unspecified atom stereocenters. The molecule has 0 aromatic carbocycles. The van der Waals surface area contributed by atoms with E-state index in [1.54, 1.807) is 27.7 Å². The van der Waals surface area contributed by atoms with E-state index in [9.17, 15) is 57.8 Å². The van der Waals surface area contributed by atoms with Crippen LogP contribution in [0.5, 0.6) is 0 Å². The van der Waals surface area contributed by atoms with Gasteiger partial charge in [-0.3, -0.25) is 52.7 Å². The van der Waals surface area contributed by atoms with E-state index in [4.69, 9.17) is 10.8 Å². The molecular formula is C36H59N11O13. The Kier molecular flexibility index (Phi) is 20.3. The molecule has 0 aromatic heterocycles. The lowest BCUT2D eigenvalue weighted by molar-refractivity contribution is -0.143. The normalized spacial score (nSPS) is 18.1. The first kappa shape index (κ1) is 50.2. The zero-order chi connectivity index (χ0) is 45.3. The van der Waals surface area contributed by atoms with Crippen LogP contribution in [-0.2, 0) is 52.7 Å². The number of nitrogens with one attached hydrogen (secondary N) is 7. The molecule has 2 aliphatic rings. The van der Waals surface area contributed by atoms with E-state index < -0.39 is 147 Å². The smallest absolute Gasteiger partial charge is 0.322 e. The van der Waals surface area contributed by atoms with Crippen molar-refractivity contribution in [3.63, 3.8) is 0 Å². The highest BCUT2D eigenvalue weighted by Crippen LogP contribution is 2.17. The van der Waals surface area contributed by atoms with Crippen molar-refractivity contribution in [2.45, 2.75) is 109 Å². The molecule has 2 saturated heterocycles. The summed E-state index contributed by atoms with van der Waals surface area (Å²) in [5.41, 5.74) is 5.22.